The molecule has 98 valence electrons. The molecule has 1 N–H and O–H groups in total. The van der Waals surface area contributed by atoms with E-state index in [1.165, 1.54) is 0 Å². The third-order valence-corrected chi connectivity index (χ3v) is 3.76. The number of oxazole rings is 1. The molecule has 0 saturated carbocycles. The Hall–Kier alpha value is -1.20. The summed E-state index contributed by atoms with van der Waals surface area (Å²) in [6.45, 7) is 8.14. The summed E-state index contributed by atoms with van der Waals surface area (Å²) in [6, 6.07) is 0. The number of rotatable bonds is 6. The smallest absolute Gasteiger partial charge is 0.194 e. The minimum atomic E-state index is 0.813. The first-order valence-electron chi connectivity index (χ1n) is 6.30. The SMILES string of the molecule is CCNCCCc1ncc(-c2sc(C)nc2C)o1. The summed E-state index contributed by atoms with van der Waals surface area (Å²) in [5.41, 5.74) is 1.02. The van der Waals surface area contributed by atoms with Crippen LogP contribution in [0.5, 0.6) is 0 Å². The van der Waals surface area contributed by atoms with Crippen molar-refractivity contribution in [2.24, 2.45) is 0 Å². The zero-order valence-electron chi connectivity index (χ0n) is 11.1. The Morgan fingerprint density at radius 1 is 1.39 bits per heavy atom. The van der Waals surface area contributed by atoms with E-state index in [0.717, 1.165) is 53.2 Å². The topological polar surface area (TPSA) is 51.0 Å². The highest BCUT2D eigenvalue weighted by molar-refractivity contribution is 7.15. The molecule has 5 heteroatoms. The van der Waals surface area contributed by atoms with Gasteiger partial charge in [-0.2, -0.15) is 0 Å². The van der Waals surface area contributed by atoms with Crippen LogP contribution in [0.4, 0.5) is 0 Å². The quantitative estimate of drug-likeness (QED) is 0.816. The maximum absolute atomic E-state index is 5.78. The normalized spacial score (nSPS) is 11.1. The van der Waals surface area contributed by atoms with Crippen molar-refractivity contribution >= 4 is 11.3 Å². The van der Waals surface area contributed by atoms with Crippen LogP contribution in [0.1, 0.15) is 29.9 Å². The minimum absolute atomic E-state index is 0.813. The van der Waals surface area contributed by atoms with Crippen LogP contribution in [-0.2, 0) is 6.42 Å². The van der Waals surface area contributed by atoms with E-state index in [2.05, 4.69) is 22.2 Å². The number of nitrogens with zero attached hydrogens (tertiary/aromatic N) is 2. The molecule has 2 rings (SSSR count). The summed E-state index contributed by atoms with van der Waals surface area (Å²) in [5.74, 6) is 1.66. The van der Waals surface area contributed by atoms with Gasteiger partial charge in [0.25, 0.3) is 0 Å². The molecule has 0 spiro atoms. The van der Waals surface area contributed by atoms with Crippen LogP contribution in [0, 0.1) is 13.8 Å². The number of nitrogens with one attached hydrogen (secondary N) is 1. The lowest BCUT2D eigenvalue weighted by molar-refractivity contribution is 0.493. The Labute approximate surface area is 111 Å². The van der Waals surface area contributed by atoms with E-state index in [0.29, 0.717) is 0 Å². The molecule has 0 atom stereocenters. The molecule has 0 aliphatic heterocycles. The second kappa shape index (κ2) is 6.11. The van der Waals surface area contributed by atoms with Gasteiger partial charge in [-0.3, -0.25) is 0 Å². The predicted molar refractivity (Wildman–Crippen MR) is 73.9 cm³/mol. The number of aromatic nitrogens is 2. The Morgan fingerprint density at radius 3 is 2.89 bits per heavy atom. The van der Waals surface area contributed by atoms with Crippen molar-refractivity contribution in [2.45, 2.75) is 33.6 Å². The van der Waals surface area contributed by atoms with Crippen molar-refractivity contribution in [2.75, 3.05) is 13.1 Å². The molecule has 0 unspecified atom stereocenters. The third-order valence-electron chi connectivity index (χ3n) is 2.68. The van der Waals surface area contributed by atoms with E-state index in [4.69, 9.17) is 4.42 Å². The number of thiazole rings is 1. The van der Waals surface area contributed by atoms with E-state index in [-0.39, 0.29) is 0 Å². The lowest BCUT2D eigenvalue weighted by Gasteiger charge is -1.98. The molecule has 0 bridgehead atoms. The van der Waals surface area contributed by atoms with Crippen LogP contribution in [-0.4, -0.2) is 23.1 Å². The van der Waals surface area contributed by atoms with E-state index in [1.807, 2.05) is 20.0 Å². The molecule has 0 saturated heterocycles. The summed E-state index contributed by atoms with van der Waals surface area (Å²) in [5, 5.41) is 4.35. The van der Waals surface area contributed by atoms with Gasteiger partial charge in [-0.15, -0.1) is 11.3 Å². The number of aryl methyl sites for hydroxylation is 3. The minimum Gasteiger partial charge on any atom is -0.440 e. The van der Waals surface area contributed by atoms with E-state index in [9.17, 15) is 0 Å². The summed E-state index contributed by atoms with van der Waals surface area (Å²) in [6.07, 6.45) is 3.74. The average molecular weight is 265 g/mol. The molecule has 2 heterocycles. The highest BCUT2D eigenvalue weighted by Crippen LogP contribution is 2.30. The van der Waals surface area contributed by atoms with Gasteiger partial charge in [-0.05, 0) is 33.4 Å². The molecule has 0 radical (unpaired) electrons. The predicted octanol–water partition coefficient (Wildman–Crippen LogP) is 2.96. The molecule has 2 aromatic rings. The molecular weight excluding hydrogens is 246 g/mol. The lowest BCUT2D eigenvalue weighted by atomic mass is 10.3. The summed E-state index contributed by atoms with van der Waals surface area (Å²) >= 11 is 1.66. The zero-order chi connectivity index (χ0) is 13.0. The van der Waals surface area contributed by atoms with Crippen LogP contribution >= 0.6 is 11.3 Å². The van der Waals surface area contributed by atoms with Crippen molar-refractivity contribution in [1.82, 2.24) is 15.3 Å². The van der Waals surface area contributed by atoms with Crippen LogP contribution in [0.15, 0.2) is 10.6 Å². The molecule has 0 amide bonds. The van der Waals surface area contributed by atoms with E-state index >= 15 is 0 Å². The highest BCUT2D eigenvalue weighted by Gasteiger charge is 2.12. The Balaban J connectivity index is 1.99. The van der Waals surface area contributed by atoms with Gasteiger partial charge in [0.05, 0.1) is 21.8 Å². The van der Waals surface area contributed by atoms with E-state index < -0.39 is 0 Å². The molecular formula is C13H19N3OS. The van der Waals surface area contributed by atoms with Gasteiger partial charge in [-0.1, -0.05) is 6.92 Å². The Bertz CT molecular complexity index is 504. The van der Waals surface area contributed by atoms with Gasteiger partial charge in [0.2, 0.25) is 0 Å². The summed E-state index contributed by atoms with van der Waals surface area (Å²) in [7, 11) is 0. The van der Waals surface area contributed by atoms with Gasteiger partial charge in [0.1, 0.15) is 0 Å². The monoisotopic (exact) mass is 265 g/mol. The molecule has 0 aliphatic rings. The van der Waals surface area contributed by atoms with E-state index in [1.54, 1.807) is 11.3 Å². The fourth-order valence-corrected chi connectivity index (χ4v) is 2.70. The molecule has 0 fully saturated rings. The molecule has 4 nitrogen and oxygen atoms in total. The molecule has 18 heavy (non-hydrogen) atoms. The van der Waals surface area contributed by atoms with Crippen LogP contribution in [0.2, 0.25) is 0 Å². The van der Waals surface area contributed by atoms with Crippen molar-refractivity contribution in [3.63, 3.8) is 0 Å². The maximum Gasteiger partial charge on any atom is 0.194 e. The summed E-state index contributed by atoms with van der Waals surface area (Å²) < 4.78 is 5.78. The Morgan fingerprint density at radius 2 is 2.22 bits per heavy atom. The number of hydrogen-bond donors (Lipinski definition) is 1. The average Bonchev–Trinajstić information content (AvgIpc) is 2.91. The van der Waals surface area contributed by atoms with Gasteiger partial charge in [0, 0.05) is 6.42 Å². The standard InChI is InChI=1S/C13H19N3OS/c1-4-14-7-5-6-12-15-8-11(17-12)13-9(2)16-10(3)18-13/h8,14H,4-7H2,1-3H3. The second-order valence-electron chi connectivity index (χ2n) is 4.22. The first kappa shape index (κ1) is 13.2. The summed E-state index contributed by atoms with van der Waals surface area (Å²) in [4.78, 5) is 9.82. The number of hydrogen-bond acceptors (Lipinski definition) is 5. The van der Waals surface area contributed by atoms with Crippen molar-refractivity contribution in [1.29, 1.82) is 0 Å². The van der Waals surface area contributed by atoms with Crippen molar-refractivity contribution in [3.05, 3.63) is 22.8 Å². The van der Waals surface area contributed by atoms with Crippen molar-refractivity contribution < 1.29 is 4.42 Å². The fourth-order valence-electron chi connectivity index (χ4n) is 1.83. The molecule has 0 aromatic carbocycles. The first-order chi connectivity index (χ1) is 8.70. The van der Waals surface area contributed by atoms with Gasteiger partial charge in [-0.25, -0.2) is 9.97 Å². The highest BCUT2D eigenvalue weighted by atomic mass is 32.1. The molecule has 2 aromatic heterocycles. The fraction of sp³-hybridized carbons (Fsp3) is 0.538. The third kappa shape index (κ3) is 3.17. The van der Waals surface area contributed by atoms with Crippen LogP contribution < -0.4 is 5.32 Å². The van der Waals surface area contributed by atoms with Crippen molar-refractivity contribution in [3.8, 4) is 10.6 Å². The zero-order valence-corrected chi connectivity index (χ0v) is 11.9. The Kier molecular flexibility index (Phi) is 4.49. The second-order valence-corrected chi connectivity index (χ2v) is 5.43. The van der Waals surface area contributed by atoms with Crippen LogP contribution in [0.3, 0.4) is 0 Å². The largest absolute Gasteiger partial charge is 0.440 e. The van der Waals surface area contributed by atoms with Gasteiger partial charge in [0.15, 0.2) is 11.7 Å². The first-order valence-corrected chi connectivity index (χ1v) is 7.12. The van der Waals surface area contributed by atoms with Crippen LogP contribution in [0.25, 0.3) is 10.6 Å². The lowest BCUT2D eigenvalue weighted by Crippen LogP contribution is -2.14. The van der Waals surface area contributed by atoms with Gasteiger partial charge < -0.3 is 9.73 Å². The maximum atomic E-state index is 5.78. The molecule has 0 aliphatic carbocycles. The van der Waals surface area contributed by atoms with Gasteiger partial charge >= 0.3 is 0 Å².